The van der Waals surface area contributed by atoms with E-state index in [1.165, 1.54) is 17.7 Å². The summed E-state index contributed by atoms with van der Waals surface area (Å²) >= 11 is 0. The topological polar surface area (TPSA) is 39.7 Å². The summed E-state index contributed by atoms with van der Waals surface area (Å²) in [7, 11) is 3.28. The Kier molecular flexibility index (Phi) is 7.47. The van der Waals surface area contributed by atoms with E-state index in [0.29, 0.717) is 13.2 Å². The molecule has 0 bridgehead atoms. The third kappa shape index (κ3) is 5.96. The summed E-state index contributed by atoms with van der Waals surface area (Å²) in [6.45, 7) is 1.93. The van der Waals surface area contributed by atoms with Crippen LogP contribution in [0.15, 0.2) is 66.7 Å². The van der Waals surface area contributed by atoms with Gasteiger partial charge in [-0.25, -0.2) is 4.39 Å². The third-order valence-corrected chi connectivity index (χ3v) is 4.63. The predicted octanol–water partition coefficient (Wildman–Crippen LogP) is 4.75. The molecule has 3 aromatic rings. The van der Waals surface area contributed by atoms with Crippen LogP contribution in [-0.4, -0.2) is 20.8 Å². The molecule has 152 valence electrons. The van der Waals surface area contributed by atoms with Crippen molar-refractivity contribution in [2.75, 3.05) is 20.8 Å². The standard InChI is InChI=1S/C24H26FNO3/c1-27-23-12-9-18(15-24(23)28-2)13-14-26-16-20-5-3-4-6-22(20)29-17-19-7-10-21(25)11-8-19/h3-12,15,26H,13-14,16-17H2,1-2H3. The van der Waals surface area contributed by atoms with Gasteiger partial charge in [0.1, 0.15) is 18.2 Å². The zero-order valence-corrected chi connectivity index (χ0v) is 16.8. The maximum absolute atomic E-state index is 13.0. The van der Waals surface area contributed by atoms with Gasteiger partial charge in [0, 0.05) is 12.1 Å². The number of methoxy groups -OCH3 is 2. The van der Waals surface area contributed by atoms with Crippen LogP contribution in [0.25, 0.3) is 0 Å². The summed E-state index contributed by atoms with van der Waals surface area (Å²) in [6.07, 6.45) is 0.874. The van der Waals surface area contributed by atoms with Crippen LogP contribution in [0.2, 0.25) is 0 Å². The van der Waals surface area contributed by atoms with Crippen LogP contribution in [-0.2, 0) is 19.6 Å². The number of hydrogen-bond acceptors (Lipinski definition) is 4. The highest BCUT2D eigenvalue weighted by atomic mass is 19.1. The highest BCUT2D eigenvalue weighted by Crippen LogP contribution is 2.27. The van der Waals surface area contributed by atoms with E-state index in [1.54, 1.807) is 26.4 Å². The number of halogens is 1. The van der Waals surface area contributed by atoms with Crippen molar-refractivity contribution in [2.45, 2.75) is 19.6 Å². The number of nitrogens with one attached hydrogen (secondary N) is 1. The molecule has 0 heterocycles. The molecule has 5 heteroatoms. The minimum atomic E-state index is -0.243. The first-order chi connectivity index (χ1) is 14.2. The second-order valence-corrected chi connectivity index (χ2v) is 6.64. The molecule has 0 saturated heterocycles. The Morgan fingerprint density at radius 3 is 2.28 bits per heavy atom. The van der Waals surface area contributed by atoms with Gasteiger partial charge in [-0.1, -0.05) is 36.4 Å². The summed E-state index contributed by atoms with van der Waals surface area (Å²) in [5.74, 6) is 2.06. The zero-order chi connectivity index (χ0) is 20.5. The summed E-state index contributed by atoms with van der Waals surface area (Å²) in [5.41, 5.74) is 3.19. The Bertz CT molecular complexity index is 912. The van der Waals surface area contributed by atoms with Crippen molar-refractivity contribution in [2.24, 2.45) is 0 Å². The van der Waals surface area contributed by atoms with E-state index >= 15 is 0 Å². The predicted molar refractivity (Wildman–Crippen MR) is 112 cm³/mol. The van der Waals surface area contributed by atoms with Crippen molar-refractivity contribution in [3.8, 4) is 17.2 Å². The summed E-state index contributed by atoms with van der Waals surface area (Å²) in [6, 6.07) is 20.3. The van der Waals surface area contributed by atoms with Gasteiger partial charge in [0.05, 0.1) is 14.2 Å². The van der Waals surface area contributed by atoms with Crippen molar-refractivity contribution < 1.29 is 18.6 Å². The van der Waals surface area contributed by atoms with Gasteiger partial charge in [-0.05, 0) is 54.4 Å². The molecule has 0 fully saturated rings. The Hall–Kier alpha value is -3.05. The molecule has 4 nitrogen and oxygen atoms in total. The minimum Gasteiger partial charge on any atom is -0.493 e. The van der Waals surface area contributed by atoms with Gasteiger partial charge in [-0.2, -0.15) is 0 Å². The molecule has 0 amide bonds. The van der Waals surface area contributed by atoms with E-state index in [1.807, 2.05) is 42.5 Å². The van der Waals surface area contributed by atoms with Gasteiger partial charge in [0.2, 0.25) is 0 Å². The molecule has 0 aliphatic rings. The van der Waals surface area contributed by atoms with Crippen molar-refractivity contribution in [1.29, 1.82) is 0 Å². The lowest BCUT2D eigenvalue weighted by atomic mass is 10.1. The number of benzene rings is 3. The molecule has 3 rings (SSSR count). The minimum absolute atomic E-state index is 0.243. The molecule has 0 atom stereocenters. The average molecular weight is 395 g/mol. The van der Waals surface area contributed by atoms with E-state index in [-0.39, 0.29) is 5.82 Å². The molecule has 0 aromatic heterocycles. The Morgan fingerprint density at radius 1 is 0.793 bits per heavy atom. The lowest BCUT2D eigenvalue weighted by Crippen LogP contribution is -2.17. The largest absolute Gasteiger partial charge is 0.493 e. The molecule has 1 N–H and O–H groups in total. The monoisotopic (exact) mass is 395 g/mol. The van der Waals surface area contributed by atoms with Crippen molar-refractivity contribution in [3.05, 3.63) is 89.2 Å². The van der Waals surface area contributed by atoms with Gasteiger partial charge in [-0.3, -0.25) is 0 Å². The van der Waals surface area contributed by atoms with Gasteiger partial charge in [0.25, 0.3) is 0 Å². The van der Waals surface area contributed by atoms with Gasteiger partial charge in [0.15, 0.2) is 11.5 Å². The van der Waals surface area contributed by atoms with Crippen LogP contribution in [0.4, 0.5) is 4.39 Å². The first kappa shape index (κ1) is 20.7. The van der Waals surface area contributed by atoms with Crippen molar-refractivity contribution in [1.82, 2.24) is 5.32 Å². The second-order valence-electron chi connectivity index (χ2n) is 6.64. The van der Waals surface area contributed by atoms with Crippen LogP contribution in [0.3, 0.4) is 0 Å². The molecule has 0 spiro atoms. The van der Waals surface area contributed by atoms with E-state index in [4.69, 9.17) is 14.2 Å². The van der Waals surface area contributed by atoms with Gasteiger partial charge >= 0.3 is 0 Å². The number of ether oxygens (including phenoxy) is 3. The Labute approximate surface area is 171 Å². The molecular weight excluding hydrogens is 369 g/mol. The van der Waals surface area contributed by atoms with Crippen LogP contribution in [0, 0.1) is 5.82 Å². The zero-order valence-electron chi connectivity index (χ0n) is 16.8. The highest BCUT2D eigenvalue weighted by Gasteiger charge is 2.06. The first-order valence-corrected chi connectivity index (χ1v) is 9.56. The molecule has 29 heavy (non-hydrogen) atoms. The molecule has 0 radical (unpaired) electrons. The molecule has 0 saturated carbocycles. The second kappa shape index (κ2) is 10.5. The quantitative estimate of drug-likeness (QED) is 0.503. The fourth-order valence-corrected chi connectivity index (χ4v) is 3.02. The maximum Gasteiger partial charge on any atom is 0.160 e. The van der Waals surface area contributed by atoms with E-state index in [2.05, 4.69) is 5.32 Å². The fraction of sp³-hybridized carbons (Fsp3) is 0.250. The lowest BCUT2D eigenvalue weighted by molar-refractivity contribution is 0.302. The SMILES string of the molecule is COc1ccc(CCNCc2ccccc2OCc2ccc(F)cc2)cc1OC. The van der Waals surface area contributed by atoms with Gasteiger partial charge in [-0.15, -0.1) is 0 Å². The molecule has 0 aliphatic heterocycles. The highest BCUT2D eigenvalue weighted by molar-refractivity contribution is 5.43. The summed E-state index contributed by atoms with van der Waals surface area (Å²) in [5, 5.41) is 3.46. The van der Waals surface area contributed by atoms with Crippen LogP contribution >= 0.6 is 0 Å². The number of hydrogen-bond donors (Lipinski definition) is 1. The number of rotatable bonds is 10. The smallest absolute Gasteiger partial charge is 0.160 e. The third-order valence-electron chi connectivity index (χ3n) is 4.63. The van der Waals surface area contributed by atoms with Crippen molar-refractivity contribution >= 4 is 0 Å². The summed E-state index contributed by atoms with van der Waals surface area (Å²) in [4.78, 5) is 0. The maximum atomic E-state index is 13.0. The van der Waals surface area contributed by atoms with Crippen LogP contribution in [0.1, 0.15) is 16.7 Å². The Morgan fingerprint density at radius 2 is 1.52 bits per heavy atom. The van der Waals surface area contributed by atoms with Crippen molar-refractivity contribution in [3.63, 3.8) is 0 Å². The van der Waals surface area contributed by atoms with Crippen LogP contribution in [0.5, 0.6) is 17.2 Å². The molecule has 0 aliphatic carbocycles. The lowest BCUT2D eigenvalue weighted by Gasteiger charge is -2.13. The van der Waals surface area contributed by atoms with E-state index < -0.39 is 0 Å². The van der Waals surface area contributed by atoms with Crippen LogP contribution < -0.4 is 19.5 Å². The Balaban J connectivity index is 1.51. The average Bonchev–Trinajstić information content (AvgIpc) is 2.76. The molecule has 0 unspecified atom stereocenters. The van der Waals surface area contributed by atoms with Gasteiger partial charge < -0.3 is 19.5 Å². The summed E-state index contributed by atoms with van der Waals surface area (Å²) < 4.78 is 29.6. The first-order valence-electron chi connectivity index (χ1n) is 9.56. The van der Waals surface area contributed by atoms with E-state index in [9.17, 15) is 4.39 Å². The van der Waals surface area contributed by atoms with E-state index in [0.717, 1.165) is 41.3 Å². The fourth-order valence-electron chi connectivity index (χ4n) is 3.02. The normalized spacial score (nSPS) is 10.6. The number of para-hydroxylation sites is 1. The molecule has 3 aromatic carbocycles. The molecular formula is C24H26FNO3.